The van der Waals surface area contributed by atoms with Crippen molar-refractivity contribution in [3.05, 3.63) is 46.7 Å². The first-order valence-electron chi connectivity index (χ1n) is 8.38. The van der Waals surface area contributed by atoms with Crippen molar-refractivity contribution in [2.24, 2.45) is 0 Å². The average Bonchev–Trinajstić information content (AvgIpc) is 2.59. The number of benzene rings is 1. The van der Waals surface area contributed by atoms with Gasteiger partial charge in [-0.2, -0.15) is 0 Å². The van der Waals surface area contributed by atoms with Gasteiger partial charge in [-0.25, -0.2) is 18.4 Å². The fourth-order valence-corrected chi connectivity index (χ4v) is 2.85. The molecule has 146 valence electrons. The fourth-order valence-electron chi connectivity index (χ4n) is 2.85. The monoisotopic (exact) mass is 382 g/mol. The molecule has 9 heteroatoms. The number of esters is 1. The first-order valence-corrected chi connectivity index (χ1v) is 8.38. The molecule has 1 heterocycles. The molecule has 7 nitrogen and oxygen atoms in total. The van der Waals surface area contributed by atoms with Crippen molar-refractivity contribution >= 4 is 18.0 Å². The number of carboxylic acids is 1. The molecule has 2 N–H and O–H groups in total. The minimum absolute atomic E-state index is 0.0807. The smallest absolute Gasteiger partial charge is 0.338 e. The molecule has 0 aliphatic carbocycles. The van der Waals surface area contributed by atoms with Gasteiger partial charge in [-0.3, -0.25) is 9.69 Å². The maximum atomic E-state index is 13.6. The molecule has 1 aromatic carbocycles. The van der Waals surface area contributed by atoms with Gasteiger partial charge in [0.05, 0.1) is 18.2 Å². The SMILES string of the molecule is CCOC(=O)C1=C(C)N(CCCC(=O)O)C(=O)N[C@@H]1c1ccc(F)c(F)c1. The third-order valence-corrected chi connectivity index (χ3v) is 4.14. The summed E-state index contributed by atoms with van der Waals surface area (Å²) in [6.07, 6.45) is 0.0461. The molecule has 0 bridgehead atoms. The van der Waals surface area contributed by atoms with E-state index in [9.17, 15) is 23.2 Å². The van der Waals surface area contributed by atoms with Crippen LogP contribution < -0.4 is 5.32 Å². The number of hydrogen-bond donors (Lipinski definition) is 2. The summed E-state index contributed by atoms with van der Waals surface area (Å²) in [5.74, 6) is -3.85. The number of amides is 2. The summed E-state index contributed by atoms with van der Waals surface area (Å²) in [4.78, 5) is 36.8. The van der Waals surface area contributed by atoms with Crippen LogP contribution in [0.2, 0.25) is 0 Å². The summed E-state index contributed by atoms with van der Waals surface area (Å²) in [5.41, 5.74) is 0.546. The zero-order valence-corrected chi connectivity index (χ0v) is 14.9. The molecule has 0 saturated carbocycles. The Balaban J connectivity index is 2.42. The van der Waals surface area contributed by atoms with Crippen LogP contribution in [0.25, 0.3) is 0 Å². The molecule has 0 saturated heterocycles. The number of carbonyl (C=O) groups excluding carboxylic acids is 2. The number of rotatable bonds is 7. The largest absolute Gasteiger partial charge is 0.481 e. The van der Waals surface area contributed by atoms with Crippen LogP contribution in [-0.4, -0.2) is 41.1 Å². The number of urea groups is 1. The van der Waals surface area contributed by atoms with E-state index in [0.29, 0.717) is 0 Å². The second-order valence-corrected chi connectivity index (χ2v) is 5.92. The number of nitrogens with one attached hydrogen (secondary N) is 1. The van der Waals surface area contributed by atoms with Gasteiger partial charge in [0.25, 0.3) is 0 Å². The topological polar surface area (TPSA) is 95.9 Å². The second kappa shape index (κ2) is 8.61. The summed E-state index contributed by atoms with van der Waals surface area (Å²) in [5, 5.41) is 11.3. The zero-order valence-electron chi connectivity index (χ0n) is 14.9. The number of nitrogens with zero attached hydrogens (tertiary/aromatic N) is 1. The molecule has 2 rings (SSSR count). The molecule has 0 unspecified atom stereocenters. The molecule has 1 aromatic rings. The number of carboxylic acid groups (broad SMARTS) is 1. The summed E-state index contributed by atoms with van der Waals surface area (Å²) < 4.78 is 31.9. The summed E-state index contributed by atoms with van der Waals surface area (Å²) in [7, 11) is 0. The lowest BCUT2D eigenvalue weighted by Crippen LogP contribution is -2.48. The Morgan fingerprint density at radius 2 is 2.00 bits per heavy atom. The number of hydrogen-bond acceptors (Lipinski definition) is 4. The van der Waals surface area contributed by atoms with E-state index in [2.05, 4.69) is 5.32 Å². The molecule has 0 radical (unpaired) electrons. The van der Waals surface area contributed by atoms with Gasteiger partial charge in [-0.1, -0.05) is 6.07 Å². The molecule has 27 heavy (non-hydrogen) atoms. The van der Waals surface area contributed by atoms with E-state index in [1.165, 1.54) is 17.9 Å². The zero-order chi connectivity index (χ0) is 20.1. The summed E-state index contributed by atoms with van der Waals surface area (Å²) in [6.45, 7) is 3.31. The van der Waals surface area contributed by atoms with E-state index in [1.807, 2.05) is 0 Å². The summed E-state index contributed by atoms with van der Waals surface area (Å²) in [6, 6.07) is 1.51. The van der Waals surface area contributed by atoms with E-state index >= 15 is 0 Å². The normalized spacial score (nSPS) is 17.0. The van der Waals surface area contributed by atoms with Crippen LogP contribution in [0.15, 0.2) is 29.5 Å². The lowest BCUT2D eigenvalue weighted by Gasteiger charge is -2.35. The summed E-state index contributed by atoms with van der Waals surface area (Å²) >= 11 is 0. The third kappa shape index (κ3) is 4.60. The van der Waals surface area contributed by atoms with Crippen LogP contribution in [-0.2, 0) is 14.3 Å². The molecular weight excluding hydrogens is 362 g/mol. The number of carbonyl (C=O) groups is 3. The van der Waals surface area contributed by atoms with Gasteiger partial charge in [0.2, 0.25) is 0 Å². The Morgan fingerprint density at radius 3 is 2.59 bits per heavy atom. The Bertz CT molecular complexity index is 794. The third-order valence-electron chi connectivity index (χ3n) is 4.14. The minimum Gasteiger partial charge on any atom is -0.481 e. The number of halogens is 2. The van der Waals surface area contributed by atoms with Crippen molar-refractivity contribution in [1.29, 1.82) is 0 Å². The number of aliphatic carboxylic acids is 1. The highest BCUT2D eigenvalue weighted by Gasteiger charge is 2.36. The van der Waals surface area contributed by atoms with Crippen LogP contribution >= 0.6 is 0 Å². The van der Waals surface area contributed by atoms with Crippen LogP contribution in [0.1, 0.15) is 38.3 Å². The average molecular weight is 382 g/mol. The Kier molecular flexibility index (Phi) is 6.49. The maximum Gasteiger partial charge on any atom is 0.338 e. The first kappa shape index (κ1) is 20.3. The van der Waals surface area contributed by atoms with Crippen molar-refractivity contribution < 1.29 is 33.0 Å². The highest BCUT2D eigenvalue weighted by Crippen LogP contribution is 2.32. The Morgan fingerprint density at radius 1 is 1.30 bits per heavy atom. The predicted molar refractivity (Wildman–Crippen MR) is 90.5 cm³/mol. The minimum atomic E-state index is -1.11. The Labute approximate surface area is 154 Å². The van der Waals surface area contributed by atoms with E-state index < -0.39 is 35.6 Å². The molecule has 2 amide bonds. The van der Waals surface area contributed by atoms with Crippen molar-refractivity contribution in [3.8, 4) is 0 Å². The second-order valence-electron chi connectivity index (χ2n) is 5.92. The van der Waals surface area contributed by atoms with Crippen molar-refractivity contribution in [2.75, 3.05) is 13.2 Å². The van der Waals surface area contributed by atoms with Gasteiger partial charge in [0.15, 0.2) is 11.6 Å². The van der Waals surface area contributed by atoms with E-state index in [4.69, 9.17) is 9.84 Å². The number of ether oxygens (including phenoxy) is 1. The molecule has 1 aliphatic rings. The first-order chi connectivity index (χ1) is 12.8. The van der Waals surface area contributed by atoms with Gasteiger partial charge in [0, 0.05) is 18.7 Å². The van der Waals surface area contributed by atoms with E-state index in [0.717, 1.165) is 12.1 Å². The van der Waals surface area contributed by atoms with Crippen LogP contribution in [0, 0.1) is 11.6 Å². The lowest BCUT2D eigenvalue weighted by molar-refractivity contribution is -0.139. The van der Waals surface area contributed by atoms with Gasteiger partial charge in [0.1, 0.15) is 0 Å². The van der Waals surface area contributed by atoms with E-state index in [-0.39, 0.29) is 42.8 Å². The van der Waals surface area contributed by atoms with Crippen LogP contribution in [0.3, 0.4) is 0 Å². The van der Waals surface area contributed by atoms with E-state index in [1.54, 1.807) is 6.92 Å². The molecular formula is C18H20F2N2O5. The van der Waals surface area contributed by atoms with Crippen LogP contribution in [0.5, 0.6) is 0 Å². The molecule has 0 fully saturated rings. The van der Waals surface area contributed by atoms with Crippen molar-refractivity contribution in [1.82, 2.24) is 10.2 Å². The van der Waals surface area contributed by atoms with Crippen LogP contribution in [0.4, 0.5) is 13.6 Å². The van der Waals surface area contributed by atoms with Gasteiger partial charge < -0.3 is 15.2 Å². The van der Waals surface area contributed by atoms with Gasteiger partial charge >= 0.3 is 18.0 Å². The van der Waals surface area contributed by atoms with Crippen molar-refractivity contribution in [3.63, 3.8) is 0 Å². The lowest BCUT2D eigenvalue weighted by atomic mass is 9.94. The molecule has 1 atom stereocenters. The molecule has 1 aliphatic heterocycles. The fraction of sp³-hybridized carbons (Fsp3) is 0.389. The maximum absolute atomic E-state index is 13.6. The standard InChI is InChI=1S/C18H20F2N2O5/c1-3-27-17(25)15-10(2)22(8-4-5-14(23)24)18(26)21-16(15)11-6-7-12(19)13(20)9-11/h6-7,9,16H,3-5,8H2,1-2H3,(H,21,26)(H,23,24)/t16-/m1/s1. The van der Waals surface area contributed by atoms with Gasteiger partial charge in [-0.15, -0.1) is 0 Å². The van der Waals surface area contributed by atoms with Crippen molar-refractivity contribution in [2.45, 2.75) is 32.7 Å². The molecule has 0 spiro atoms. The highest BCUT2D eigenvalue weighted by atomic mass is 19.2. The quantitative estimate of drug-likeness (QED) is 0.707. The number of allylic oxidation sites excluding steroid dienone is 1. The molecule has 0 aromatic heterocycles. The van der Waals surface area contributed by atoms with Gasteiger partial charge in [-0.05, 0) is 38.0 Å². The highest BCUT2D eigenvalue weighted by molar-refractivity contribution is 5.95. The Hall–Kier alpha value is -2.97. The predicted octanol–water partition coefficient (Wildman–Crippen LogP) is 2.73.